The van der Waals surface area contributed by atoms with Crippen LogP contribution < -0.4 is 14.4 Å². The molecule has 0 bridgehead atoms. The molecule has 2 aromatic rings. The number of hydrogen-bond donors (Lipinski definition) is 1. The summed E-state index contributed by atoms with van der Waals surface area (Å²) >= 11 is 0. The maximum absolute atomic E-state index is 12.4. The third-order valence-electron chi connectivity index (χ3n) is 4.71. The molecule has 0 aliphatic carbocycles. The van der Waals surface area contributed by atoms with Gasteiger partial charge in [-0.05, 0) is 12.5 Å². The molecule has 0 amide bonds. The molecule has 0 unspecified atom stereocenters. The summed E-state index contributed by atoms with van der Waals surface area (Å²) in [6.07, 6.45) is 3.89. The predicted molar refractivity (Wildman–Crippen MR) is 114 cm³/mol. The second-order valence-corrected chi connectivity index (χ2v) is 8.51. The predicted octanol–water partition coefficient (Wildman–Crippen LogP) is 1.33. The zero-order chi connectivity index (χ0) is 21.6. The van der Waals surface area contributed by atoms with E-state index in [0.717, 1.165) is 17.1 Å². The van der Waals surface area contributed by atoms with Gasteiger partial charge in [0.2, 0.25) is 15.9 Å². The number of ether oxygens (including phenoxy) is 3. The van der Waals surface area contributed by atoms with Crippen molar-refractivity contribution in [3.8, 4) is 17.0 Å². The fourth-order valence-electron chi connectivity index (χ4n) is 3.23. The van der Waals surface area contributed by atoms with Crippen LogP contribution in [0.15, 0.2) is 18.6 Å². The SMILES string of the molecule is CCc1ncnc(N2CCOCC2)c1-c1cnc(OC)c(NS(=O)(=O)CCOC)c1. The molecule has 0 radical (unpaired) electrons. The van der Waals surface area contributed by atoms with E-state index in [1.54, 1.807) is 18.6 Å². The number of rotatable bonds is 9. The molecular formula is C19H27N5O5S. The molecule has 30 heavy (non-hydrogen) atoms. The molecule has 1 aliphatic heterocycles. The molecule has 0 atom stereocenters. The third-order valence-corrected chi connectivity index (χ3v) is 5.94. The van der Waals surface area contributed by atoms with Crippen molar-refractivity contribution in [2.75, 3.05) is 62.5 Å². The van der Waals surface area contributed by atoms with E-state index in [2.05, 4.69) is 24.6 Å². The Morgan fingerprint density at radius 1 is 1.20 bits per heavy atom. The summed E-state index contributed by atoms with van der Waals surface area (Å²) in [5.41, 5.74) is 2.64. The van der Waals surface area contributed by atoms with E-state index in [9.17, 15) is 8.42 Å². The van der Waals surface area contributed by atoms with Crippen molar-refractivity contribution in [3.05, 3.63) is 24.3 Å². The highest BCUT2D eigenvalue weighted by Gasteiger charge is 2.22. The van der Waals surface area contributed by atoms with Gasteiger partial charge in [-0.15, -0.1) is 0 Å². The number of pyridine rings is 1. The number of anilines is 2. The van der Waals surface area contributed by atoms with Gasteiger partial charge >= 0.3 is 0 Å². The minimum Gasteiger partial charge on any atom is -0.480 e. The number of methoxy groups -OCH3 is 2. The topological polar surface area (TPSA) is 116 Å². The van der Waals surface area contributed by atoms with E-state index >= 15 is 0 Å². The monoisotopic (exact) mass is 437 g/mol. The Labute approximate surface area is 176 Å². The summed E-state index contributed by atoms with van der Waals surface area (Å²) in [4.78, 5) is 15.4. The molecular weight excluding hydrogens is 410 g/mol. The van der Waals surface area contributed by atoms with Crippen molar-refractivity contribution >= 4 is 21.5 Å². The molecule has 3 rings (SSSR count). The van der Waals surface area contributed by atoms with E-state index in [4.69, 9.17) is 14.2 Å². The van der Waals surface area contributed by atoms with Gasteiger partial charge in [-0.1, -0.05) is 6.92 Å². The largest absolute Gasteiger partial charge is 0.480 e. The van der Waals surface area contributed by atoms with Crippen LogP contribution in [0.2, 0.25) is 0 Å². The Hall–Kier alpha value is -2.50. The number of hydrogen-bond acceptors (Lipinski definition) is 9. The first-order chi connectivity index (χ1) is 14.5. The highest BCUT2D eigenvalue weighted by Crippen LogP contribution is 2.35. The molecule has 11 heteroatoms. The lowest BCUT2D eigenvalue weighted by Gasteiger charge is -2.30. The van der Waals surface area contributed by atoms with Gasteiger partial charge in [0.15, 0.2) is 0 Å². The van der Waals surface area contributed by atoms with Gasteiger partial charge in [0, 0.05) is 37.5 Å². The molecule has 1 aliphatic rings. The van der Waals surface area contributed by atoms with Crippen LogP contribution in [0.1, 0.15) is 12.6 Å². The summed E-state index contributed by atoms with van der Waals surface area (Å²) in [6.45, 7) is 4.77. The first-order valence-electron chi connectivity index (χ1n) is 9.69. The lowest BCUT2D eigenvalue weighted by atomic mass is 10.0. The molecule has 0 saturated carbocycles. The third kappa shape index (κ3) is 5.15. The van der Waals surface area contributed by atoms with E-state index in [-0.39, 0.29) is 23.9 Å². The molecule has 164 valence electrons. The highest BCUT2D eigenvalue weighted by molar-refractivity contribution is 7.92. The maximum Gasteiger partial charge on any atom is 0.238 e. The zero-order valence-electron chi connectivity index (χ0n) is 17.4. The lowest BCUT2D eigenvalue weighted by molar-refractivity contribution is 0.122. The minimum absolute atomic E-state index is 0.0818. The molecule has 3 heterocycles. The van der Waals surface area contributed by atoms with E-state index < -0.39 is 10.0 Å². The Kier molecular flexibility index (Phi) is 7.40. The summed E-state index contributed by atoms with van der Waals surface area (Å²) in [5, 5.41) is 0. The van der Waals surface area contributed by atoms with Gasteiger partial charge in [0.05, 0.1) is 38.4 Å². The summed E-state index contributed by atoms with van der Waals surface area (Å²) in [6, 6.07) is 1.71. The molecule has 10 nitrogen and oxygen atoms in total. The van der Waals surface area contributed by atoms with Gasteiger partial charge in [-0.2, -0.15) is 0 Å². The number of aryl methyl sites for hydroxylation is 1. The summed E-state index contributed by atoms with van der Waals surface area (Å²) in [5.74, 6) is 0.790. The number of morpholine rings is 1. The van der Waals surface area contributed by atoms with Crippen molar-refractivity contribution in [1.82, 2.24) is 15.0 Å². The van der Waals surface area contributed by atoms with Gasteiger partial charge in [-0.3, -0.25) is 4.72 Å². The average molecular weight is 438 g/mol. The molecule has 0 aromatic carbocycles. The van der Waals surface area contributed by atoms with Crippen molar-refractivity contribution < 1.29 is 22.6 Å². The van der Waals surface area contributed by atoms with Crippen LogP contribution in [-0.4, -0.2) is 76.3 Å². The fraction of sp³-hybridized carbons (Fsp3) is 0.526. The summed E-state index contributed by atoms with van der Waals surface area (Å²) in [7, 11) is -0.735. The zero-order valence-corrected chi connectivity index (χ0v) is 18.2. The van der Waals surface area contributed by atoms with Gasteiger partial charge in [0.25, 0.3) is 0 Å². The van der Waals surface area contributed by atoms with E-state index in [1.807, 2.05) is 6.92 Å². The van der Waals surface area contributed by atoms with Crippen LogP contribution >= 0.6 is 0 Å². The molecule has 1 N–H and O–H groups in total. The van der Waals surface area contributed by atoms with Crippen molar-refractivity contribution in [2.24, 2.45) is 0 Å². The van der Waals surface area contributed by atoms with E-state index in [0.29, 0.717) is 38.3 Å². The first kappa shape index (κ1) is 22.2. The first-order valence-corrected chi connectivity index (χ1v) is 11.3. The average Bonchev–Trinajstić information content (AvgIpc) is 2.77. The normalized spacial score (nSPS) is 14.6. The Morgan fingerprint density at radius 2 is 1.97 bits per heavy atom. The standard InChI is InChI=1S/C19H27N5O5S/c1-4-15-17(18(22-13-21-15)24-5-7-29-8-6-24)14-11-16(19(28-3)20-12-14)23-30(25,26)10-9-27-2/h11-13,23H,4-10H2,1-3H3. The van der Waals surface area contributed by atoms with Crippen LogP contribution in [0.4, 0.5) is 11.5 Å². The quantitative estimate of drug-likeness (QED) is 0.620. The van der Waals surface area contributed by atoms with Crippen molar-refractivity contribution in [3.63, 3.8) is 0 Å². The fourth-order valence-corrected chi connectivity index (χ4v) is 4.20. The number of nitrogens with one attached hydrogen (secondary N) is 1. The highest BCUT2D eigenvalue weighted by atomic mass is 32.2. The Bertz CT molecular complexity index is 964. The van der Waals surface area contributed by atoms with Crippen molar-refractivity contribution in [1.29, 1.82) is 0 Å². The van der Waals surface area contributed by atoms with Gasteiger partial charge < -0.3 is 19.1 Å². The Morgan fingerprint density at radius 3 is 2.63 bits per heavy atom. The van der Waals surface area contributed by atoms with Crippen LogP contribution in [0, 0.1) is 0 Å². The van der Waals surface area contributed by atoms with E-state index in [1.165, 1.54) is 14.2 Å². The second-order valence-electron chi connectivity index (χ2n) is 6.67. The summed E-state index contributed by atoms with van der Waals surface area (Å²) < 4.78 is 42.9. The van der Waals surface area contributed by atoms with Gasteiger partial charge in [0.1, 0.15) is 17.8 Å². The van der Waals surface area contributed by atoms with Crippen LogP contribution in [-0.2, 0) is 25.9 Å². The molecule has 1 fully saturated rings. The molecule has 0 spiro atoms. The number of sulfonamides is 1. The lowest BCUT2D eigenvalue weighted by Crippen LogP contribution is -2.37. The smallest absolute Gasteiger partial charge is 0.238 e. The minimum atomic E-state index is -3.63. The molecule has 1 saturated heterocycles. The van der Waals surface area contributed by atoms with Gasteiger partial charge in [-0.25, -0.2) is 23.4 Å². The number of aromatic nitrogens is 3. The maximum atomic E-state index is 12.4. The van der Waals surface area contributed by atoms with Crippen molar-refractivity contribution in [2.45, 2.75) is 13.3 Å². The van der Waals surface area contributed by atoms with Crippen LogP contribution in [0.25, 0.3) is 11.1 Å². The second kappa shape index (κ2) is 10.0. The van der Waals surface area contributed by atoms with Crippen LogP contribution in [0.5, 0.6) is 5.88 Å². The molecule has 2 aromatic heterocycles. The van der Waals surface area contributed by atoms with Crippen LogP contribution in [0.3, 0.4) is 0 Å². The Balaban J connectivity index is 2.05. The number of nitrogens with zero attached hydrogens (tertiary/aromatic N) is 4.